The summed E-state index contributed by atoms with van der Waals surface area (Å²) in [7, 11) is 1.56. The minimum Gasteiger partial charge on any atom is -0.497 e. The molecule has 2 aromatic carbocycles. The zero-order valence-electron chi connectivity index (χ0n) is 14.1. The standard InChI is InChI=1S/C20H17NO5/c1-25-13-6-4-5-12(11-13)17-16-18(23)14-7-2-3-8-15(14)26-19(16)20(24)21(17)9-10-22/h2-8,11,17,22H,9-10H2,1H3/t17-/m0/s1. The number of nitrogens with zero attached hydrogens (tertiary/aromatic N) is 1. The fourth-order valence-electron chi connectivity index (χ4n) is 3.46. The van der Waals surface area contributed by atoms with E-state index in [1.807, 2.05) is 6.07 Å². The van der Waals surface area contributed by atoms with E-state index in [2.05, 4.69) is 0 Å². The number of carbonyl (C=O) groups is 1. The maximum Gasteiger partial charge on any atom is 0.290 e. The summed E-state index contributed by atoms with van der Waals surface area (Å²) >= 11 is 0. The third-order valence-electron chi connectivity index (χ3n) is 4.62. The number of ether oxygens (including phenoxy) is 1. The first-order chi connectivity index (χ1) is 12.7. The molecular weight excluding hydrogens is 334 g/mol. The van der Waals surface area contributed by atoms with Crippen LogP contribution in [0.15, 0.2) is 57.7 Å². The molecule has 0 bridgehead atoms. The summed E-state index contributed by atoms with van der Waals surface area (Å²) in [5.74, 6) is 0.261. The SMILES string of the molecule is COc1cccc([C@H]2c3c(oc4ccccc4c3=O)C(=O)N2CCO)c1. The molecule has 6 heteroatoms. The second kappa shape index (κ2) is 6.31. The summed E-state index contributed by atoms with van der Waals surface area (Å²) in [6, 6.07) is 13.4. The molecule has 0 saturated carbocycles. The van der Waals surface area contributed by atoms with Crippen LogP contribution in [0.1, 0.15) is 27.7 Å². The van der Waals surface area contributed by atoms with Crippen LogP contribution in [0.4, 0.5) is 0 Å². The number of benzene rings is 2. The molecule has 132 valence electrons. The Bertz CT molecular complexity index is 1060. The average molecular weight is 351 g/mol. The molecule has 1 amide bonds. The van der Waals surface area contributed by atoms with E-state index in [0.29, 0.717) is 22.3 Å². The van der Waals surface area contributed by atoms with Crippen LogP contribution in [0.3, 0.4) is 0 Å². The largest absolute Gasteiger partial charge is 0.497 e. The number of para-hydroxylation sites is 1. The van der Waals surface area contributed by atoms with Gasteiger partial charge in [0.05, 0.1) is 30.7 Å². The molecule has 1 atom stereocenters. The smallest absolute Gasteiger partial charge is 0.290 e. The second-order valence-electron chi connectivity index (χ2n) is 6.07. The van der Waals surface area contributed by atoms with E-state index in [9.17, 15) is 14.7 Å². The summed E-state index contributed by atoms with van der Waals surface area (Å²) in [4.78, 5) is 27.5. The zero-order chi connectivity index (χ0) is 18.3. The van der Waals surface area contributed by atoms with Gasteiger partial charge in [0.1, 0.15) is 11.3 Å². The molecule has 1 aliphatic heterocycles. The van der Waals surface area contributed by atoms with Crippen molar-refractivity contribution < 1.29 is 19.1 Å². The number of hydrogen-bond donors (Lipinski definition) is 1. The Hall–Kier alpha value is -3.12. The third-order valence-corrected chi connectivity index (χ3v) is 4.62. The fraction of sp³-hybridized carbons (Fsp3) is 0.200. The van der Waals surface area contributed by atoms with Gasteiger partial charge in [-0.15, -0.1) is 0 Å². The molecule has 0 radical (unpaired) electrons. The van der Waals surface area contributed by atoms with Gasteiger partial charge in [0.2, 0.25) is 5.76 Å². The van der Waals surface area contributed by atoms with E-state index in [1.54, 1.807) is 49.6 Å². The Labute approximate surface area is 149 Å². The molecule has 2 heterocycles. The van der Waals surface area contributed by atoms with Crippen LogP contribution < -0.4 is 10.2 Å². The lowest BCUT2D eigenvalue weighted by Crippen LogP contribution is -2.32. The Morgan fingerprint density at radius 2 is 1.96 bits per heavy atom. The summed E-state index contributed by atoms with van der Waals surface area (Å²) in [6.45, 7) is -0.116. The number of methoxy groups -OCH3 is 1. The number of β-amino-alcohol motifs (C(OH)–C–C–N with tert-alkyl or cyclic N) is 1. The van der Waals surface area contributed by atoms with Crippen molar-refractivity contribution in [3.05, 3.63) is 75.6 Å². The monoisotopic (exact) mass is 351 g/mol. The lowest BCUT2D eigenvalue weighted by atomic mass is 9.98. The maximum absolute atomic E-state index is 13.1. The van der Waals surface area contributed by atoms with Crippen LogP contribution in [0.5, 0.6) is 5.75 Å². The lowest BCUT2D eigenvalue weighted by Gasteiger charge is -2.24. The highest BCUT2D eigenvalue weighted by Crippen LogP contribution is 2.38. The Morgan fingerprint density at radius 1 is 1.15 bits per heavy atom. The van der Waals surface area contributed by atoms with E-state index >= 15 is 0 Å². The van der Waals surface area contributed by atoms with Crippen LogP contribution in [-0.4, -0.2) is 36.2 Å². The quantitative estimate of drug-likeness (QED) is 0.780. The number of aliphatic hydroxyl groups excluding tert-OH is 1. The van der Waals surface area contributed by atoms with Crippen molar-refractivity contribution in [2.24, 2.45) is 0 Å². The minimum absolute atomic E-state index is 0.0370. The van der Waals surface area contributed by atoms with Gasteiger partial charge in [0.25, 0.3) is 5.91 Å². The van der Waals surface area contributed by atoms with Gasteiger partial charge in [-0.25, -0.2) is 0 Å². The van der Waals surface area contributed by atoms with Crippen molar-refractivity contribution in [1.29, 1.82) is 0 Å². The van der Waals surface area contributed by atoms with Gasteiger partial charge < -0.3 is 19.2 Å². The normalized spacial score (nSPS) is 16.2. The van der Waals surface area contributed by atoms with Gasteiger partial charge in [-0.3, -0.25) is 9.59 Å². The number of fused-ring (bicyclic) bond motifs is 2. The van der Waals surface area contributed by atoms with Crippen molar-refractivity contribution in [3.63, 3.8) is 0 Å². The summed E-state index contributed by atoms with van der Waals surface area (Å²) in [5, 5.41) is 9.85. The summed E-state index contributed by atoms with van der Waals surface area (Å²) < 4.78 is 11.0. The van der Waals surface area contributed by atoms with E-state index in [4.69, 9.17) is 9.15 Å². The molecular formula is C20H17NO5. The molecule has 0 unspecified atom stereocenters. The van der Waals surface area contributed by atoms with Crippen molar-refractivity contribution >= 4 is 16.9 Å². The highest BCUT2D eigenvalue weighted by Gasteiger charge is 2.42. The van der Waals surface area contributed by atoms with Gasteiger partial charge in [-0.05, 0) is 29.8 Å². The molecule has 0 spiro atoms. The number of aliphatic hydroxyl groups is 1. The molecule has 0 aliphatic carbocycles. The van der Waals surface area contributed by atoms with Crippen LogP contribution >= 0.6 is 0 Å². The van der Waals surface area contributed by atoms with Crippen LogP contribution in [0.25, 0.3) is 11.0 Å². The number of amides is 1. The first-order valence-electron chi connectivity index (χ1n) is 8.27. The molecule has 1 aliphatic rings. The highest BCUT2D eigenvalue weighted by atomic mass is 16.5. The van der Waals surface area contributed by atoms with Gasteiger partial charge in [0, 0.05) is 6.54 Å². The van der Waals surface area contributed by atoms with Gasteiger partial charge in [-0.1, -0.05) is 24.3 Å². The molecule has 26 heavy (non-hydrogen) atoms. The van der Waals surface area contributed by atoms with Gasteiger partial charge in [-0.2, -0.15) is 0 Å². The van der Waals surface area contributed by atoms with E-state index < -0.39 is 11.9 Å². The maximum atomic E-state index is 13.1. The van der Waals surface area contributed by atoms with E-state index in [-0.39, 0.29) is 24.3 Å². The third kappa shape index (κ3) is 2.38. The van der Waals surface area contributed by atoms with E-state index in [0.717, 1.165) is 5.56 Å². The zero-order valence-corrected chi connectivity index (χ0v) is 14.1. The van der Waals surface area contributed by atoms with Crippen molar-refractivity contribution in [2.45, 2.75) is 6.04 Å². The summed E-state index contributed by atoms with van der Waals surface area (Å²) in [5.41, 5.74) is 1.17. The van der Waals surface area contributed by atoms with Crippen LogP contribution in [0, 0.1) is 0 Å². The Balaban J connectivity index is 2.00. The number of hydrogen-bond acceptors (Lipinski definition) is 5. The molecule has 1 aromatic heterocycles. The van der Waals surface area contributed by atoms with Crippen LogP contribution in [-0.2, 0) is 0 Å². The molecule has 1 N–H and O–H groups in total. The first kappa shape index (κ1) is 16.4. The minimum atomic E-state index is -0.624. The molecule has 0 saturated heterocycles. The molecule has 4 rings (SSSR count). The summed E-state index contributed by atoms with van der Waals surface area (Å²) in [6.07, 6.45) is 0. The number of carbonyl (C=O) groups excluding carboxylic acids is 1. The van der Waals surface area contributed by atoms with Crippen molar-refractivity contribution in [2.75, 3.05) is 20.3 Å². The Kier molecular flexibility index (Phi) is 3.97. The highest BCUT2D eigenvalue weighted by molar-refractivity contribution is 5.99. The second-order valence-corrected chi connectivity index (χ2v) is 6.07. The predicted molar refractivity (Wildman–Crippen MR) is 95.4 cm³/mol. The van der Waals surface area contributed by atoms with Gasteiger partial charge >= 0.3 is 0 Å². The average Bonchev–Trinajstić information content (AvgIpc) is 2.95. The van der Waals surface area contributed by atoms with Gasteiger partial charge in [0.15, 0.2) is 5.43 Å². The van der Waals surface area contributed by atoms with E-state index in [1.165, 1.54) is 4.90 Å². The van der Waals surface area contributed by atoms with Crippen LogP contribution in [0.2, 0.25) is 0 Å². The fourth-order valence-corrected chi connectivity index (χ4v) is 3.46. The predicted octanol–water partition coefficient (Wildman–Crippen LogP) is 2.34. The molecule has 6 nitrogen and oxygen atoms in total. The first-order valence-corrected chi connectivity index (χ1v) is 8.27. The van der Waals surface area contributed by atoms with Crippen molar-refractivity contribution in [1.82, 2.24) is 4.90 Å². The molecule has 3 aromatic rings. The lowest BCUT2D eigenvalue weighted by molar-refractivity contribution is 0.0691. The molecule has 0 fully saturated rings. The Morgan fingerprint density at radius 3 is 2.73 bits per heavy atom. The van der Waals surface area contributed by atoms with Crippen molar-refractivity contribution in [3.8, 4) is 5.75 Å². The topological polar surface area (TPSA) is 80.0 Å². The number of rotatable bonds is 4.